The molecule has 0 N–H and O–H groups in total. The molecule has 9 heteroatoms. The topological polar surface area (TPSA) is 93.2 Å². The van der Waals surface area contributed by atoms with E-state index >= 15 is 0 Å². The lowest BCUT2D eigenvalue weighted by molar-refractivity contribution is -0.118. The van der Waals surface area contributed by atoms with Gasteiger partial charge in [0.15, 0.2) is 11.5 Å². The number of hydrogen-bond donors (Lipinski definition) is 0. The van der Waals surface area contributed by atoms with Crippen LogP contribution < -0.4 is 18.7 Å². The zero-order valence-electron chi connectivity index (χ0n) is 18.4. The Morgan fingerprint density at radius 2 is 1.52 bits per heavy atom. The van der Waals surface area contributed by atoms with E-state index in [-0.39, 0.29) is 18.0 Å². The van der Waals surface area contributed by atoms with E-state index < -0.39 is 15.9 Å². The van der Waals surface area contributed by atoms with Gasteiger partial charge in [-0.1, -0.05) is 6.07 Å². The SMILES string of the molecule is COc1ccc(CCCC(=O)N(c2ccc(N(C)C(C)=O)cc2)S(C)(=O)=O)cc1OC. The minimum Gasteiger partial charge on any atom is -0.493 e. The van der Waals surface area contributed by atoms with Gasteiger partial charge in [-0.05, 0) is 54.8 Å². The third kappa shape index (κ3) is 6.21. The summed E-state index contributed by atoms with van der Waals surface area (Å²) in [7, 11) is 0.908. The van der Waals surface area contributed by atoms with Gasteiger partial charge in [-0.2, -0.15) is 0 Å². The van der Waals surface area contributed by atoms with E-state index in [2.05, 4.69) is 0 Å². The maximum atomic E-state index is 12.8. The molecular formula is C22H28N2O6S. The first-order valence-corrected chi connectivity index (χ1v) is 11.5. The van der Waals surface area contributed by atoms with Gasteiger partial charge in [-0.15, -0.1) is 0 Å². The molecule has 2 aromatic carbocycles. The summed E-state index contributed by atoms with van der Waals surface area (Å²) in [5.74, 6) is 0.541. The number of rotatable bonds is 9. The van der Waals surface area contributed by atoms with Crippen molar-refractivity contribution < 1.29 is 27.5 Å². The van der Waals surface area contributed by atoms with Crippen LogP contribution in [0.3, 0.4) is 0 Å². The first-order valence-electron chi connectivity index (χ1n) is 9.67. The summed E-state index contributed by atoms with van der Waals surface area (Å²) in [6.45, 7) is 1.43. The summed E-state index contributed by atoms with van der Waals surface area (Å²) in [4.78, 5) is 25.7. The number of carbonyl (C=O) groups excluding carboxylic acids is 2. The van der Waals surface area contributed by atoms with Gasteiger partial charge in [0.1, 0.15) is 0 Å². The van der Waals surface area contributed by atoms with E-state index in [0.29, 0.717) is 30.0 Å². The summed E-state index contributed by atoms with van der Waals surface area (Å²) in [6.07, 6.45) is 2.09. The number of anilines is 2. The van der Waals surface area contributed by atoms with Crippen molar-refractivity contribution in [2.75, 3.05) is 36.7 Å². The van der Waals surface area contributed by atoms with Crippen LogP contribution in [0.25, 0.3) is 0 Å². The molecule has 0 saturated carbocycles. The smallest absolute Gasteiger partial charge is 0.240 e. The summed E-state index contributed by atoms with van der Waals surface area (Å²) in [5, 5.41) is 0. The van der Waals surface area contributed by atoms with Crippen molar-refractivity contribution in [3.05, 3.63) is 48.0 Å². The Hall–Kier alpha value is -3.07. The lowest BCUT2D eigenvalue weighted by Crippen LogP contribution is -2.36. The zero-order chi connectivity index (χ0) is 23.2. The number of hydrogen-bond acceptors (Lipinski definition) is 6. The molecule has 0 spiro atoms. The maximum Gasteiger partial charge on any atom is 0.240 e. The molecule has 0 atom stereocenters. The summed E-state index contributed by atoms with van der Waals surface area (Å²) in [6, 6.07) is 11.7. The Morgan fingerprint density at radius 1 is 0.935 bits per heavy atom. The van der Waals surface area contributed by atoms with Crippen molar-refractivity contribution in [3.63, 3.8) is 0 Å². The quantitative estimate of drug-likeness (QED) is 0.585. The van der Waals surface area contributed by atoms with E-state index in [1.807, 2.05) is 12.1 Å². The first-order chi connectivity index (χ1) is 14.6. The van der Waals surface area contributed by atoms with Crippen LogP contribution in [0.1, 0.15) is 25.3 Å². The molecule has 168 valence electrons. The molecule has 2 aromatic rings. The number of methoxy groups -OCH3 is 2. The second-order valence-electron chi connectivity index (χ2n) is 7.06. The Labute approximate surface area is 183 Å². The summed E-state index contributed by atoms with van der Waals surface area (Å²) in [5.41, 5.74) is 1.79. The number of nitrogens with zero attached hydrogens (tertiary/aromatic N) is 2. The van der Waals surface area contributed by atoms with E-state index in [9.17, 15) is 18.0 Å². The molecular weight excluding hydrogens is 420 g/mol. The second-order valence-corrected chi connectivity index (χ2v) is 8.89. The molecule has 31 heavy (non-hydrogen) atoms. The fourth-order valence-corrected chi connectivity index (χ4v) is 4.06. The van der Waals surface area contributed by atoms with Crippen LogP contribution in [-0.2, 0) is 26.0 Å². The molecule has 8 nitrogen and oxygen atoms in total. The molecule has 0 bridgehead atoms. The van der Waals surface area contributed by atoms with E-state index in [1.54, 1.807) is 39.5 Å². The van der Waals surface area contributed by atoms with Gasteiger partial charge in [-0.3, -0.25) is 9.59 Å². The average molecular weight is 449 g/mol. The van der Waals surface area contributed by atoms with E-state index in [0.717, 1.165) is 16.1 Å². The summed E-state index contributed by atoms with van der Waals surface area (Å²) >= 11 is 0. The normalized spacial score (nSPS) is 11.0. The maximum absolute atomic E-state index is 12.8. The molecule has 0 radical (unpaired) electrons. The number of carbonyl (C=O) groups is 2. The zero-order valence-corrected chi connectivity index (χ0v) is 19.2. The molecule has 0 aliphatic rings. The van der Waals surface area contributed by atoms with Gasteiger partial charge in [0, 0.05) is 26.1 Å². The standard InChI is InChI=1S/C22H28N2O6S/c1-16(25)23(2)18-10-12-19(13-11-18)24(31(5,27)28)22(26)8-6-7-17-9-14-20(29-3)21(15-17)30-4/h9-15H,6-8H2,1-5H3. The monoisotopic (exact) mass is 448 g/mol. The molecule has 0 aliphatic heterocycles. The molecule has 0 fully saturated rings. The highest BCUT2D eigenvalue weighted by Gasteiger charge is 2.25. The minimum atomic E-state index is -3.81. The van der Waals surface area contributed by atoms with Gasteiger partial charge < -0.3 is 14.4 Å². The molecule has 2 amide bonds. The lowest BCUT2D eigenvalue weighted by Gasteiger charge is -2.22. The number of ether oxygens (including phenoxy) is 2. The molecule has 0 heterocycles. The number of benzene rings is 2. The predicted molar refractivity (Wildman–Crippen MR) is 120 cm³/mol. The lowest BCUT2D eigenvalue weighted by atomic mass is 10.1. The minimum absolute atomic E-state index is 0.0521. The summed E-state index contributed by atoms with van der Waals surface area (Å²) < 4.78 is 35.9. The highest BCUT2D eigenvalue weighted by molar-refractivity contribution is 7.92. The number of sulfonamides is 1. The van der Waals surface area contributed by atoms with Crippen molar-refractivity contribution in [3.8, 4) is 11.5 Å². The van der Waals surface area contributed by atoms with Gasteiger partial charge in [0.25, 0.3) is 0 Å². The third-order valence-electron chi connectivity index (χ3n) is 4.81. The van der Waals surface area contributed by atoms with Crippen LogP contribution in [0, 0.1) is 0 Å². The highest BCUT2D eigenvalue weighted by Crippen LogP contribution is 2.28. The van der Waals surface area contributed by atoms with Crippen LogP contribution >= 0.6 is 0 Å². The number of aryl methyl sites for hydroxylation is 1. The van der Waals surface area contributed by atoms with Crippen molar-refractivity contribution >= 4 is 33.2 Å². The van der Waals surface area contributed by atoms with Crippen LogP contribution in [0.4, 0.5) is 11.4 Å². The fraction of sp³-hybridized carbons (Fsp3) is 0.364. The second kappa shape index (κ2) is 10.3. The Kier molecular flexibility index (Phi) is 8.04. The highest BCUT2D eigenvalue weighted by atomic mass is 32.2. The van der Waals surface area contributed by atoms with Crippen molar-refractivity contribution in [2.45, 2.75) is 26.2 Å². The molecule has 2 rings (SSSR count). The predicted octanol–water partition coefficient (Wildman–Crippen LogP) is 3.00. The fourth-order valence-electron chi connectivity index (χ4n) is 3.10. The van der Waals surface area contributed by atoms with Crippen LogP contribution in [-0.4, -0.2) is 47.8 Å². The van der Waals surface area contributed by atoms with Gasteiger partial charge in [0.2, 0.25) is 21.8 Å². The largest absolute Gasteiger partial charge is 0.493 e. The Bertz CT molecular complexity index is 1030. The Balaban J connectivity index is 2.12. The van der Waals surface area contributed by atoms with Crippen molar-refractivity contribution in [2.24, 2.45) is 0 Å². The van der Waals surface area contributed by atoms with Gasteiger partial charge in [-0.25, -0.2) is 12.7 Å². The van der Waals surface area contributed by atoms with Crippen LogP contribution in [0.5, 0.6) is 11.5 Å². The Morgan fingerprint density at radius 3 is 2.03 bits per heavy atom. The molecule has 0 aromatic heterocycles. The van der Waals surface area contributed by atoms with Crippen molar-refractivity contribution in [1.82, 2.24) is 0 Å². The molecule has 0 unspecified atom stereocenters. The van der Waals surface area contributed by atoms with E-state index in [4.69, 9.17) is 9.47 Å². The number of amides is 2. The van der Waals surface area contributed by atoms with E-state index in [1.165, 1.54) is 24.0 Å². The molecule has 0 saturated heterocycles. The van der Waals surface area contributed by atoms with Gasteiger partial charge in [0.05, 0.1) is 26.2 Å². The van der Waals surface area contributed by atoms with Crippen molar-refractivity contribution in [1.29, 1.82) is 0 Å². The molecule has 0 aliphatic carbocycles. The average Bonchev–Trinajstić information content (AvgIpc) is 2.72. The van der Waals surface area contributed by atoms with Gasteiger partial charge >= 0.3 is 0 Å². The van der Waals surface area contributed by atoms with Crippen LogP contribution in [0.15, 0.2) is 42.5 Å². The third-order valence-corrected chi connectivity index (χ3v) is 5.88. The first kappa shape index (κ1) is 24.2. The van der Waals surface area contributed by atoms with Crippen LogP contribution in [0.2, 0.25) is 0 Å².